The summed E-state index contributed by atoms with van der Waals surface area (Å²) in [6, 6.07) is 14.3. The smallest absolute Gasteiger partial charge is 0.268 e. The number of benzene rings is 2. The Hall–Kier alpha value is -1.86. The molecule has 0 saturated carbocycles. The van der Waals surface area contributed by atoms with E-state index in [0.29, 0.717) is 17.1 Å². The van der Waals surface area contributed by atoms with E-state index in [-0.39, 0.29) is 4.90 Å². The first-order valence-corrected chi connectivity index (χ1v) is 11.4. The standard InChI is InChI=1S/C21H24ClN3O2S/c1-2-23-11-13-24(14-12-23)16-18-15-19(7-8-20(18)22)28(26,27)25-10-9-17-5-3-4-6-21(17)25/h3-10,15H,2,11-14,16H2,1H3. The number of hydrogen-bond acceptors (Lipinski definition) is 4. The number of rotatable bonds is 5. The summed E-state index contributed by atoms with van der Waals surface area (Å²) >= 11 is 6.40. The van der Waals surface area contributed by atoms with Crippen LogP contribution in [0, 0.1) is 0 Å². The molecule has 2 aromatic carbocycles. The van der Waals surface area contributed by atoms with E-state index in [0.717, 1.165) is 43.7 Å². The number of para-hydroxylation sites is 1. The number of fused-ring (bicyclic) bond motifs is 1. The highest BCUT2D eigenvalue weighted by atomic mass is 35.5. The monoisotopic (exact) mass is 417 g/mol. The summed E-state index contributed by atoms with van der Waals surface area (Å²) in [6.45, 7) is 7.88. The predicted octanol–water partition coefficient (Wildman–Crippen LogP) is 3.67. The van der Waals surface area contributed by atoms with E-state index in [1.807, 2.05) is 30.3 Å². The van der Waals surface area contributed by atoms with Gasteiger partial charge in [0.2, 0.25) is 0 Å². The summed E-state index contributed by atoms with van der Waals surface area (Å²) in [5.41, 5.74) is 1.53. The van der Waals surface area contributed by atoms with Crippen molar-refractivity contribution in [2.24, 2.45) is 0 Å². The minimum atomic E-state index is -3.68. The van der Waals surface area contributed by atoms with Crippen molar-refractivity contribution < 1.29 is 8.42 Å². The van der Waals surface area contributed by atoms with Crippen molar-refractivity contribution in [1.29, 1.82) is 0 Å². The van der Waals surface area contributed by atoms with Crippen molar-refractivity contribution in [3.63, 3.8) is 0 Å². The largest absolute Gasteiger partial charge is 0.301 e. The Morgan fingerprint density at radius 1 is 0.964 bits per heavy atom. The van der Waals surface area contributed by atoms with Crippen molar-refractivity contribution in [2.45, 2.75) is 18.4 Å². The summed E-state index contributed by atoms with van der Waals surface area (Å²) in [7, 11) is -3.68. The Kier molecular flexibility index (Phi) is 5.47. The van der Waals surface area contributed by atoms with Gasteiger partial charge in [-0.1, -0.05) is 36.7 Å². The Balaban J connectivity index is 1.63. The first-order chi connectivity index (χ1) is 13.5. The molecule has 0 N–H and O–H groups in total. The van der Waals surface area contributed by atoms with Crippen LogP contribution in [0.4, 0.5) is 0 Å². The summed E-state index contributed by atoms with van der Waals surface area (Å²) < 4.78 is 27.8. The van der Waals surface area contributed by atoms with Gasteiger partial charge in [-0.2, -0.15) is 0 Å². The lowest BCUT2D eigenvalue weighted by molar-refractivity contribution is 0.132. The Labute approximate surface area is 171 Å². The molecule has 1 saturated heterocycles. The van der Waals surface area contributed by atoms with Crippen LogP contribution in [0.3, 0.4) is 0 Å². The maximum absolute atomic E-state index is 13.2. The molecule has 0 radical (unpaired) electrons. The highest BCUT2D eigenvalue weighted by Gasteiger charge is 2.22. The van der Waals surface area contributed by atoms with E-state index in [4.69, 9.17) is 11.6 Å². The molecule has 7 heteroatoms. The van der Waals surface area contributed by atoms with Crippen molar-refractivity contribution in [2.75, 3.05) is 32.7 Å². The van der Waals surface area contributed by atoms with E-state index in [2.05, 4.69) is 16.7 Å². The third-order valence-corrected chi connectivity index (χ3v) is 7.50. The SMILES string of the molecule is CCN1CCN(Cc2cc(S(=O)(=O)n3ccc4ccccc43)ccc2Cl)CC1. The number of halogens is 1. The van der Waals surface area contributed by atoms with Crippen LogP contribution in [-0.4, -0.2) is 54.9 Å². The second-order valence-electron chi connectivity index (χ2n) is 7.14. The van der Waals surface area contributed by atoms with E-state index in [1.54, 1.807) is 24.4 Å². The first-order valence-electron chi connectivity index (χ1n) is 9.54. The average Bonchev–Trinajstić information content (AvgIpc) is 3.15. The van der Waals surface area contributed by atoms with Gasteiger partial charge in [0.15, 0.2) is 0 Å². The van der Waals surface area contributed by atoms with Gasteiger partial charge in [0, 0.05) is 49.3 Å². The van der Waals surface area contributed by atoms with Crippen LogP contribution >= 0.6 is 11.6 Å². The van der Waals surface area contributed by atoms with Crippen LogP contribution < -0.4 is 0 Å². The van der Waals surface area contributed by atoms with Crippen molar-refractivity contribution in [3.8, 4) is 0 Å². The quantitative estimate of drug-likeness (QED) is 0.635. The molecule has 0 spiro atoms. The molecule has 0 atom stereocenters. The molecule has 0 amide bonds. The maximum atomic E-state index is 13.2. The lowest BCUT2D eigenvalue weighted by atomic mass is 10.2. The highest BCUT2D eigenvalue weighted by molar-refractivity contribution is 7.90. The van der Waals surface area contributed by atoms with Crippen LogP contribution in [-0.2, 0) is 16.6 Å². The van der Waals surface area contributed by atoms with Gasteiger partial charge >= 0.3 is 0 Å². The molecule has 0 bridgehead atoms. The minimum Gasteiger partial charge on any atom is -0.301 e. The van der Waals surface area contributed by atoms with Crippen molar-refractivity contribution in [3.05, 3.63) is 65.3 Å². The van der Waals surface area contributed by atoms with E-state index in [9.17, 15) is 8.42 Å². The van der Waals surface area contributed by atoms with Gasteiger partial charge in [-0.25, -0.2) is 12.4 Å². The van der Waals surface area contributed by atoms with E-state index >= 15 is 0 Å². The first kappa shape index (κ1) is 19.5. The number of piperazine rings is 1. The highest BCUT2D eigenvalue weighted by Crippen LogP contribution is 2.26. The van der Waals surface area contributed by atoms with Gasteiger partial charge in [0.25, 0.3) is 10.0 Å². The fraction of sp³-hybridized carbons (Fsp3) is 0.333. The van der Waals surface area contributed by atoms with E-state index in [1.165, 1.54) is 3.97 Å². The number of aromatic nitrogens is 1. The Morgan fingerprint density at radius 3 is 2.43 bits per heavy atom. The molecular formula is C21H24ClN3O2S. The van der Waals surface area contributed by atoms with Crippen LogP contribution in [0.2, 0.25) is 5.02 Å². The van der Waals surface area contributed by atoms with Crippen molar-refractivity contribution >= 4 is 32.5 Å². The molecule has 1 fully saturated rings. The zero-order valence-electron chi connectivity index (χ0n) is 15.9. The maximum Gasteiger partial charge on any atom is 0.268 e. The summed E-state index contributed by atoms with van der Waals surface area (Å²) in [4.78, 5) is 5.01. The zero-order chi connectivity index (χ0) is 19.7. The number of hydrogen-bond donors (Lipinski definition) is 0. The second-order valence-corrected chi connectivity index (χ2v) is 9.36. The predicted molar refractivity (Wildman–Crippen MR) is 113 cm³/mol. The Morgan fingerprint density at radius 2 is 1.68 bits per heavy atom. The average molecular weight is 418 g/mol. The van der Waals surface area contributed by atoms with Crippen LogP contribution in [0.25, 0.3) is 10.9 Å². The molecule has 1 aliphatic rings. The molecule has 5 nitrogen and oxygen atoms in total. The molecular weight excluding hydrogens is 394 g/mol. The van der Waals surface area contributed by atoms with Crippen LogP contribution in [0.5, 0.6) is 0 Å². The fourth-order valence-electron chi connectivity index (χ4n) is 3.72. The van der Waals surface area contributed by atoms with Gasteiger partial charge in [0.1, 0.15) is 0 Å². The molecule has 3 aromatic rings. The molecule has 1 aromatic heterocycles. The third-order valence-electron chi connectivity index (χ3n) is 5.44. The van der Waals surface area contributed by atoms with Crippen molar-refractivity contribution in [1.82, 2.24) is 13.8 Å². The van der Waals surface area contributed by atoms with Gasteiger partial charge < -0.3 is 4.90 Å². The molecule has 148 valence electrons. The molecule has 0 unspecified atom stereocenters. The normalized spacial score (nSPS) is 16.6. The summed E-state index contributed by atoms with van der Waals surface area (Å²) in [5, 5.41) is 1.50. The number of nitrogens with zero attached hydrogens (tertiary/aromatic N) is 3. The van der Waals surface area contributed by atoms with Gasteiger partial charge in [-0.3, -0.25) is 4.90 Å². The summed E-state index contributed by atoms with van der Waals surface area (Å²) in [6.07, 6.45) is 1.61. The Bertz CT molecular complexity index is 1090. The van der Waals surface area contributed by atoms with Gasteiger partial charge in [-0.05, 0) is 42.4 Å². The number of likely N-dealkylation sites (N-methyl/N-ethyl adjacent to an activating group) is 1. The van der Waals surface area contributed by atoms with E-state index < -0.39 is 10.0 Å². The third kappa shape index (κ3) is 3.70. The molecule has 2 heterocycles. The summed E-state index contributed by atoms with van der Waals surface area (Å²) in [5.74, 6) is 0. The molecule has 4 rings (SSSR count). The van der Waals surface area contributed by atoms with Crippen LogP contribution in [0.15, 0.2) is 59.6 Å². The fourth-order valence-corrected chi connectivity index (χ4v) is 5.30. The lowest BCUT2D eigenvalue weighted by Gasteiger charge is -2.34. The van der Waals surface area contributed by atoms with Gasteiger partial charge in [-0.15, -0.1) is 0 Å². The zero-order valence-corrected chi connectivity index (χ0v) is 17.5. The lowest BCUT2D eigenvalue weighted by Crippen LogP contribution is -2.45. The topological polar surface area (TPSA) is 45.6 Å². The van der Waals surface area contributed by atoms with Gasteiger partial charge in [0.05, 0.1) is 10.4 Å². The molecule has 0 aliphatic carbocycles. The molecule has 28 heavy (non-hydrogen) atoms. The molecule has 1 aliphatic heterocycles. The second kappa shape index (κ2) is 7.87. The van der Waals surface area contributed by atoms with Crippen LogP contribution in [0.1, 0.15) is 12.5 Å². The minimum absolute atomic E-state index is 0.264.